The minimum Gasteiger partial charge on any atom is -0.375 e. The minimum atomic E-state index is 0.0398. The third kappa shape index (κ3) is 4.23. The second-order valence-corrected chi connectivity index (χ2v) is 6.69. The van der Waals surface area contributed by atoms with Gasteiger partial charge in [-0.1, -0.05) is 36.4 Å². The number of hydrogen-bond donors (Lipinski definition) is 0. The van der Waals surface area contributed by atoms with E-state index in [1.54, 1.807) is 17.2 Å². The van der Waals surface area contributed by atoms with Gasteiger partial charge in [0.2, 0.25) is 0 Å². The van der Waals surface area contributed by atoms with E-state index in [1.165, 1.54) is 5.56 Å². The lowest BCUT2D eigenvalue weighted by molar-refractivity contribution is -0.0246. The summed E-state index contributed by atoms with van der Waals surface area (Å²) < 4.78 is 7.67. The lowest BCUT2D eigenvalue weighted by atomic mass is 10.1. The first kappa shape index (κ1) is 17.4. The average Bonchev–Trinajstić information content (AvgIpc) is 3.28. The van der Waals surface area contributed by atoms with Gasteiger partial charge in [0.15, 0.2) is 0 Å². The van der Waals surface area contributed by atoms with Crippen molar-refractivity contribution in [3.05, 3.63) is 78.4 Å². The standard InChI is InChI=1S/C21H22N4O2/c26-21(18-7-4-8-19(13-18)25-15-22-23-16-25)24-11-12-27-20(14-24)10-9-17-5-2-1-3-6-17/h1-8,13,15-16,20H,9-12,14H2/t20-/m1/s1. The van der Waals surface area contributed by atoms with Crippen LogP contribution in [-0.4, -0.2) is 51.4 Å². The molecule has 0 aliphatic carbocycles. The lowest BCUT2D eigenvalue weighted by Crippen LogP contribution is -2.45. The summed E-state index contributed by atoms with van der Waals surface area (Å²) in [5.41, 5.74) is 2.84. The summed E-state index contributed by atoms with van der Waals surface area (Å²) in [6.45, 7) is 1.83. The van der Waals surface area contributed by atoms with E-state index < -0.39 is 0 Å². The Kier molecular flexibility index (Phi) is 5.25. The van der Waals surface area contributed by atoms with Crippen LogP contribution in [-0.2, 0) is 11.2 Å². The summed E-state index contributed by atoms with van der Waals surface area (Å²) in [6, 6.07) is 17.9. The molecule has 1 amide bonds. The Hall–Kier alpha value is -2.99. The van der Waals surface area contributed by atoms with Gasteiger partial charge in [-0.25, -0.2) is 0 Å². The molecule has 1 aliphatic heterocycles. The van der Waals surface area contributed by atoms with E-state index in [4.69, 9.17) is 4.74 Å². The third-order valence-electron chi connectivity index (χ3n) is 4.83. The molecule has 0 saturated carbocycles. The highest BCUT2D eigenvalue weighted by Gasteiger charge is 2.25. The van der Waals surface area contributed by atoms with E-state index in [0.717, 1.165) is 18.5 Å². The van der Waals surface area contributed by atoms with Gasteiger partial charge in [0, 0.05) is 24.3 Å². The van der Waals surface area contributed by atoms with Crippen LogP contribution in [0.1, 0.15) is 22.3 Å². The fraction of sp³-hybridized carbons (Fsp3) is 0.286. The van der Waals surface area contributed by atoms with Crippen LogP contribution in [0.5, 0.6) is 0 Å². The molecule has 1 saturated heterocycles. The zero-order valence-electron chi connectivity index (χ0n) is 15.1. The average molecular weight is 362 g/mol. The van der Waals surface area contributed by atoms with E-state index >= 15 is 0 Å². The van der Waals surface area contributed by atoms with Crippen molar-refractivity contribution in [1.29, 1.82) is 0 Å². The predicted octanol–water partition coefficient (Wildman–Crippen LogP) is 2.74. The first-order chi connectivity index (χ1) is 13.3. The van der Waals surface area contributed by atoms with Gasteiger partial charge in [0.1, 0.15) is 12.7 Å². The molecular formula is C21H22N4O2. The molecule has 0 N–H and O–H groups in total. The topological polar surface area (TPSA) is 60.2 Å². The third-order valence-corrected chi connectivity index (χ3v) is 4.83. The molecular weight excluding hydrogens is 340 g/mol. The van der Waals surface area contributed by atoms with Crippen molar-refractivity contribution in [3.8, 4) is 5.69 Å². The minimum absolute atomic E-state index is 0.0398. The number of carbonyl (C=O) groups excluding carboxylic acids is 1. The second-order valence-electron chi connectivity index (χ2n) is 6.69. The molecule has 2 heterocycles. The molecule has 0 unspecified atom stereocenters. The van der Waals surface area contributed by atoms with Gasteiger partial charge in [-0.05, 0) is 36.6 Å². The highest BCUT2D eigenvalue weighted by molar-refractivity contribution is 5.94. The van der Waals surface area contributed by atoms with Crippen LogP contribution in [0, 0.1) is 0 Å². The van der Waals surface area contributed by atoms with E-state index in [1.807, 2.05) is 35.2 Å². The first-order valence-electron chi connectivity index (χ1n) is 9.19. The van der Waals surface area contributed by atoms with E-state index in [0.29, 0.717) is 25.3 Å². The summed E-state index contributed by atoms with van der Waals surface area (Å²) in [7, 11) is 0. The van der Waals surface area contributed by atoms with Crippen molar-refractivity contribution in [3.63, 3.8) is 0 Å². The van der Waals surface area contributed by atoms with Crippen LogP contribution >= 0.6 is 0 Å². The van der Waals surface area contributed by atoms with Crippen molar-refractivity contribution in [2.24, 2.45) is 0 Å². The molecule has 6 nitrogen and oxygen atoms in total. The zero-order chi connectivity index (χ0) is 18.5. The Morgan fingerprint density at radius 3 is 2.70 bits per heavy atom. The maximum absolute atomic E-state index is 13.0. The van der Waals surface area contributed by atoms with E-state index in [9.17, 15) is 4.79 Å². The van der Waals surface area contributed by atoms with Crippen molar-refractivity contribution in [1.82, 2.24) is 19.7 Å². The molecule has 0 spiro atoms. The Balaban J connectivity index is 1.40. The Labute approximate surface area is 158 Å². The largest absolute Gasteiger partial charge is 0.375 e. The van der Waals surface area contributed by atoms with Crippen molar-refractivity contribution < 1.29 is 9.53 Å². The summed E-state index contributed by atoms with van der Waals surface area (Å²) in [6.07, 6.45) is 5.19. The maximum atomic E-state index is 13.0. The fourth-order valence-corrected chi connectivity index (χ4v) is 3.37. The Morgan fingerprint density at radius 2 is 1.89 bits per heavy atom. The second kappa shape index (κ2) is 8.14. The van der Waals surface area contributed by atoms with Gasteiger partial charge in [-0.2, -0.15) is 0 Å². The molecule has 0 bridgehead atoms. The zero-order valence-corrected chi connectivity index (χ0v) is 15.1. The van der Waals surface area contributed by atoms with Crippen LogP contribution < -0.4 is 0 Å². The number of benzene rings is 2. The van der Waals surface area contributed by atoms with Crippen molar-refractivity contribution >= 4 is 5.91 Å². The fourth-order valence-electron chi connectivity index (χ4n) is 3.37. The number of hydrogen-bond acceptors (Lipinski definition) is 4. The lowest BCUT2D eigenvalue weighted by Gasteiger charge is -2.33. The molecule has 1 fully saturated rings. The van der Waals surface area contributed by atoms with Crippen LogP contribution in [0.4, 0.5) is 0 Å². The van der Waals surface area contributed by atoms with Gasteiger partial charge in [0.25, 0.3) is 5.91 Å². The molecule has 138 valence electrons. The van der Waals surface area contributed by atoms with Gasteiger partial charge in [0.05, 0.1) is 12.7 Å². The predicted molar refractivity (Wildman–Crippen MR) is 102 cm³/mol. The van der Waals surface area contributed by atoms with Crippen LogP contribution in [0.3, 0.4) is 0 Å². The number of amides is 1. The van der Waals surface area contributed by atoms with E-state index in [-0.39, 0.29) is 12.0 Å². The summed E-state index contributed by atoms with van der Waals surface area (Å²) in [5, 5.41) is 7.64. The number of carbonyl (C=O) groups is 1. The smallest absolute Gasteiger partial charge is 0.254 e. The molecule has 1 aromatic heterocycles. The number of ether oxygens (including phenoxy) is 1. The summed E-state index contributed by atoms with van der Waals surface area (Å²) in [5.74, 6) is 0.0398. The molecule has 4 rings (SSSR count). The monoisotopic (exact) mass is 362 g/mol. The van der Waals surface area contributed by atoms with Gasteiger partial charge >= 0.3 is 0 Å². The Morgan fingerprint density at radius 1 is 1.07 bits per heavy atom. The normalized spacial score (nSPS) is 17.0. The van der Waals surface area contributed by atoms with Crippen molar-refractivity contribution in [2.75, 3.05) is 19.7 Å². The molecule has 1 atom stereocenters. The number of aryl methyl sites for hydroxylation is 1. The molecule has 0 radical (unpaired) electrons. The number of nitrogens with zero attached hydrogens (tertiary/aromatic N) is 4. The molecule has 3 aromatic rings. The first-order valence-corrected chi connectivity index (χ1v) is 9.19. The number of rotatable bonds is 5. The number of morpholine rings is 1. The quantitative estimate of drug-likeness (QED) is 0.700. The van der Waals surface area contributed by atoms with Crippen LogP contribution in [0.15, 0.2) is 67.3 Å². The van der Waals surface area contributed by atoms with Crippen LogP contribution in [0.25, 0.3) is 5.69 Å². The highest BCUT2D eigenvalue weighted by atomic mass is 16.5. The van der Waals surface area contributed by atoms with E-state index in [2.05, 4.69) is 34.5 Å². The SMILES string of the molecule is O=C(c1cccc(-n2cnnc2)c1)N1CCO[C@H](CCc2ccccc2)C1. The molecule has 6 heteroatoms. The highest BCUT2D eigenvalue weighted by Crippen LogP contribution is 2.17. The molecule has 27 heavy (non-hydrogen) atoms. The molecule has 1 aliphatic rings. The molecule has 2 aromatic carbocycles. The van der Waals surface area contributed by atoms with Gasteiger partial charge in [-0.3, -0.25) is 9.36 Å². The van der Waals surface area contributed by atoms with Crippen molar-refractivity contribution in [2.45, 2.75) is 18.9 Å². The maximum Gasteiger partial charge on any atom is 0.254 e. The van der Waals surface area contributed by atoms with Gasteiger partial charge in [-0.15, -0.1) is 10.2 Å². The number of aromatic nitrogens is 3. The Bertz CT molecular complexity index is 880. The summed E-state index contributed by atoms with van der Waals surface area (Å²) >= 11 is 0. The van der Waals surface area contributed by atoms with Crippen LogP contribution in [0.2, 0.25) is 0 Å². The summed E-state index contributed by atoms with van der Waals surface area (Å²) in [4.78, 5) is 14.9. The van der Waals surface area contributed by atoms with Gasteiger partial charge < -0.3 is 9.64 Å².